The van der Waals surface area contributed by atoms with Crippen LogP contribution in [-0.4, -0.2) is 63.7 Å². The van der Waals surface area contributed by atoms with Gasteiger partial charge >= 0.3 is 12.4 Å². The third kappa shape index (κ3) is 7.59. The minimum absolute atomic E-state index is 0.0910. The second kappa shape index (κ2) is 13.1. The van der Waals surface area contributed by atoms with Gasteiger partial charge in [-0.1, -0.05) is 12.1 Å². The number of rotatable bonds is 11. The minimum Gasteiger partial charge on any atom is -0.497 e. The number of anilines is 1. The lowest BCUT2D eigenvalue weighted by molar-refractivity contribution is -0.139. The standard InChI is InChI=1S/C30H32F6N6O3/c1-19(39-25-15-38-42(28(43)26(25)30(34,35)36)16-20-4-6-24(44-2)7-5-20)18-45-11-3-8-40-9-10-41-23(17-40)13-21-12-22(29(31,32)33)14-37-27(21)41/h4-7,12-15,19,39H,3,8-11,16-18H2,1-2H3/t19-/m0/s1. The fourth-order valence-electron chi connectivity index (χ4n) is 5.32. The van der Waals surface area contributed by atoms with Crippen LogP contribution in [0.25, 0.3) is 11.0 Å². The predicted octanol–water partition coefficient (Wildman–Crippen LogP) is 5.41. The zero-order valence-electron chi connectivity index (χ0n) is 24.6. The summed E-state index contributed by atoms with van der Waals surface area (Å²) in [5, 5.41) is 7.12. The maximum atomic E-state index is 13.9. The van der Waals surface area contributed by atoms with Crippen molar-refractivity contribution in [2.75, 3.05) is 38.7 Å². The Morgan fingerprint density at radius 3 is 2.47 bits per heavy atom. The number of hydrogen-bond acceptors (Lipinski definition) is 7. The molecule has 0 fully saturated rings. The first-order valence-corrected chi connectivity index (χ1v) is 14.3. The summed E-state index contributed by atoms with van der Waals surface area (Å²) in [4.78, 5) is 19.0. The molecule has 0 saturated heterocycles. The lowest BCUT2D eigenvalue weighted by Crippen LogP contribution is -2.35. The topological polar surface area (TPSA) is 86.4 Å². The molecule has 1 aliphatic rings. The highest BCUT2D eigenvalue weighted by atomic mass is 19.4. The highest BCUT2D eigenvalue weighted by Gasteiger charge is 2.38. The monoisotopic (exact) mass is 638 g/mol. The molecular formula is C30H32F6N6O3. The molecule has 0 radical (unpaired) electrons. The molecule has 0 saturated carbocycles. The van der Waals surface area contributed by atoms with Gasteiger partial charge in [0.15, 0.2) is 0 Å². The van der Waals surface area contributed by atoms with E-state index in [-0.39, 0.29) is 13.2 Å². The third-order valence-corrected chi connectivity index (χ3v) is 7.52. The first-order valence-electron chi connectivity index (χ1n) is 14.3. The van der Waals surface area contributed by atoms with E-state index in [4.69, 9.17) is 9.47 Å². The molecule has 1 N–H and O–H groups in total. The molecule has 0 amide bonds. The molecule has 0 spiro atoms. The maximum Gasteiger partial charge on any atom is 0.423 e. The number of alkyl halides is 6. The van der Waals surface area contributed by atoms with E-state index < -0.39 is 40.8 Å². The molecule has 0 unspecified atom stereocenters. The van der Waals surface area contributed by atoms with E-state index in [9.17, 15) is 31.1 Å². The molecule has 1 aliphatic heterocycles. The average Bonchev–Trinajstić information content (AvgIpc) is 3.35. The van der Waals surface area contributed by atoms with E-state index in [2.05, 4.69) is 20.3 Å². The van der Waals surface area contributed by atoms with Crippen LogP contribution < -0.4 is 15.6 Å². The van der Waals surface area contributed by atoms with Gasteiger partial charge in [-0.2, -0.15) is 31.4 Å². The number of ether oxygens (including phenoxy) is 2. The zero-order valence-corrected chi connectivity index (χ0v) is 24.6. The molecule has 0 aliphatic carbocycles. The van der Waals surface area contributed by atoms with Crippen molar-refractivity contribution in [2.24, 2.45) is 0 Å². The van der Waals surface area contributed by atoms with Crippen molar-refractivity contribution in [1.29, 1.82) is 0 Å². The van der Waals surface area contributed by atoms with Gasteiger partial charge in [0.05, 0.1) is 37.7 Å². The van der Waals surface area contributed by atoms with Gasteiger partial charge in [-0.15, -0.1) is 0 Å². The summed E-state index contributed by atoms with van der Waals surface area (Å²) in [6, 6.07) is 8.87. The Morgan fingerprint density at radius 2 is 1.78 bits per heavy atom. The van der Waals surface area contributed by atoms with Crippen LogP contribution in [0.15, 0.2) is 53.6 Å². The number of aromatic nitrogens is 4. The average molecular weight is 639 g/mol. The van der Waals surface area contributed by atoms with Gasteiger partial charge in [0, 0.05) is 56.1 Å². The van der Waals surface area contributed by atoms with Gasteiger partial charge < -0.3 is 19.4 Å². The highest BCUT2D eigenvalue weighted by Crippen LogP contribution is 2.33. The predicted molar refractivity (Wildman–Crippen MR) is 154 cm³/mol. The van der Waals surface area contributed by atoms with Crippen molar-refractivity contribution in [3.05, 3.63) is 81.5 Å². The molecule has 4 aromatic rings. The Labute approximate surface area is 254 Å². The van der Waals surface area contributed by atoms with Gasteiger partial charge in [0.1, 0.15) is 17.0 Å². The molecule has 0 bridgehead atoms. The fourth-order valence-corrected chi connectivity index (χ4v) is 5.32. The van der Waals surface area contributed by atoms with Crippen LogP contribution in [0.2, 0.25) is 0 Å². The molecule has 3 aromatic heterocycles. The maximum absolute atomic E-state index is 13.9. The quantitative estimate of drug-likeness (QED) is 0.174. The van der Waals surface area contributed by atoms with Crippen molar-refractivity contribution < 1.29 is 35.8 Å². The van der Waals surface area contributed by atoms with E-state index in [1.54, 1.807) is 37.3 Å². The number of hydrogen-bond donors (Lipinski definition) is 1. The van der Waals surface area contributed by atoms with Crippen molar-refractivity contribution in [2.45, 2.75) is 51.4 Å². The molecular weight excluding hydrogens is 606 g/mol. The number of methoxy groups -OCH3 is 1. The number of halogens is 6. The summed E-state index contributed by atoms with van der Waals surface area (Å²) in [6.45, 7) is 4.43. The minimum atomic E-state index is -4.90. The summed E-state index contributed by atoms with van der Waals surface area (Å²) < 4.78 is 94.5. The molecule has 45 heavy (non-hydrogen) atoms. The van der Waals surface area contributed by atoms with Crippen molar-refractivity contribution in [3.8, 4) is 5.75 Å². The number of pyridine rings is 1. The van der Waals surface area contributed by atoms with Gasteiger partial charge in [-0.05, 0) is 43.2 Å². The number of fused-ring (bicyclic) bond motifs is 3. The van der Waals surface area contributed by atoms with E-state index in [0.717, 1.165) is 28.8 Å². The van der Waals surface area contributed by atoms with Gasteiger partial charge in [0.25, 0.3) is 5.56 Å². The van der Waals surface area contributed by atoms with E-state index >= 15 is 0 Å². The molecule has 242 valence electrons. The normalized spacial score (nSPS) is 14.8. The van der Waals surface area contributed by atoms with Crippen LogP contribution in [0.1, 0.15) is 35.7 Å². The summed E-state index contributed by atoms with van der Waals surface area (Å²) in [5.41, 5.74) is -1.79. The second-order valence-electron chi connectivity index (χ2n) is 10.9. The summed E-state index contributed by atoms with van der Waals surface area (Å²) in [7, 11) is 1.49. The Kier molecular flexibility index (Phi) is 9.39. The van der Waals surface area contributed by atoms with Crippen molar-refractivity contribution >= 4 is 16.7 Å². The first kappa shape index (κ1) is 32.3. The van der Waals surface area contributed by atoms with Crippen molar-refractivity contribution in [3.63, 3.8) is 0 Å². The van der Waals surface area contributed by atoms with Gasteiger partial charge in [0.2, 0.25) is 0 Å². The summed E-state index contributed by atoms with van der Waals surface area (Å²) >= 11 is 0. The van der Waals surface area contributed by atoms with Crippen LogP contribution in [0.5, 0.6) is 5.75 Å². The van der Waals surface area contributed by atoms with Crippen LogP contribution >= 0.6 is 0 Å². The van der Waals surface area contributed by atoms with E-state index in [0.29, 0.717) is 61.6 Å². The number of nitrogens with one attached hydrogen (secondary N) is 1. The smallest absolute Gasteiger partial charge is 0.423 e. The van der Waals surface area contributed by atoms with Crippen LogP contribution in [0.4, 0.5) is 32.0 Å². The molecule has 1 aromatic carbocycles. The van der Waals surface area contributed by atoms with Crippen LogP contribution in [0, 0.1) is 0 Å². The highest BCUT2D eigenvalue weighted by molar-refractivity contribution is 5.78. The van der Waals surface area contributed by atoms with Gasteiger partial charge in [-0.25, -0.2) is 9.67 Å². The lowest BCUT2D eigenvalue weighted by Gasteiger charge is -2.28. The molecule has 1 atom stereocenters. The van der Waals surface area contributed by atoms with Gasteiger partial charge in [-0.3, -0.25) is 9.69 Å². The Balaban J connectivity index is 1.12. The summed E-state index contributed by atoms with van der Waals surface area (Å²) in [6.07, 6.45) is -6.87. The van der Waals surface area contributed by atoms with Crippen LogP contribution in [0.3, 0.4) is 0 Å². The third-order valence-electron chi connectivity index (χ3n) is 7.52. The first-order chi connectivity index (χ1) is 21.3. The zero-order chi connectivity index (χ0) is 32.4. The molecule has 4 heterocycles. The Morgan fingerprint density at radius 1 is 1.02 bits per heavy atom. The largest absolute Gasteiger partial charge is 0.497 e. The van der Waals surface area contributed by atoms with Crippen LogP contribution in [-0.2, 0) is 36.7 Å². The number of benzene rings is 1. The Bertz CT molecular complexity index is 1680. The summed E-state index contributed by atoms with van der Waals surface area (Å²) in [5.74, 6) is 0.577. The number of nitrogens with zero attached hydrogens (tertiary/aromatic N) is 5. The molecule has 15 heteroatoms. The molecule has 5 rings (SSSR count). The fraction of sp³-hybridized carbons (Fsp3) is 0.433. The van der Waals surface area contributed by atoms with E-state index in [1.165, 1.54) is 7.11 Å². The van der Waals surface area contributed by atoms with E-state index in [1.807, 2.05) is 4.57 Å². The second-order valence-corrected chi connectivity index (χ2v) is 10.9. The Hall–Kier alpha value is -4.11. The lowest BCUT2D eigenvalue weighted by atomic mass is 10.2. The SMILES string of the molecule is COc1ccc(Cn2ncc(N[C@@H](C)COCCCN3CCn4c(cc5cc(C(F)(F)F)cnc54)C3)c(C(F)(F)F)c2=O)cc1. The molecule has 9 nitrogen and oxygen atoms in total. The van der Waals surface area contributed by atoms with Crippen molar-refractivity contribution in [1.82, 2.24) is 24.2 Å².